The first-order valence-corrected chi connectivity index (χ1v) is 6.29. The smallest absolute Gasteiger partial charge is 0.128 e. The van der Waals surface area contributed by atoms with E-state index in [-0.39, 0.29) is 17.6 Å². The van der Waals surface area contributed by atoms with Crippen LogP contribution in [0.2, 0.25) is 0 Å². The second-order valence-corrected chi connectivity index (χ2v) is 4.89. The Morgan fingerprint density at radius 2 is 1.84 bits per heavy atom. The van der Waals surface area contributed by atoms with Gasteiger partial charge in [0.2, 0.25) is 0 Å². The lowest BCUT2D eigenvalue weighted by Crippen LogP contribution is -2.07. The molecule has 0 saturated carbocycles. The lowest BCUT2D eigenvalue weighted by atomic mass is 10.0. The summed E-state index contributed by atoms with van der Waals surface area (Å²) < 4.78 is 13.5. The number of phenols is 1. The van der Waals surface area contributed by atoms with E-state index in [0.29, 0.717) is 11.3 Å². The average molecular weight is 259 g/mol. The van der Waals surface area contributed by atoms with Gasteiger partial charge in [-0.25, -0.2) is 4.39 Å². The highest BCUT2D eigenvalue weighted by Crippen LogP contribution is 2.28. The lowest BCUT2D eigenvalue weighted by molar-refractivity contribution is 0.465. The van der Waals surface area contributed by atoms with Gasteiger partial charge in [0.1, 0.15) is 11.6 Å². The van der Waals surface area contributed by atoms with E-state index in [9.17, 15) is 9.50 Å². The van der Waals surface area contributed by atoms with Crippen LogP contribution in [-0.2, 0) is 0 Å². The van der Waals surface area contributed by atoms with Crippen LogP contribution in [-0.4, -0.2) is 5.11 Å². The van der Waals surface area contributed by atoms with Gasteiger partial charge in [0.15, 0.2) is 0 Å². The lowest BCUT2D eigenvalue weighted by Gasteiger charge is -2.17. The van der Waals surface area contributed by atoms with E-state index in [1.807, 2.05) is 32.0 Å². The van der Waals surface area contributed by atoms with Gasteiger partial charge in [0.25, 0.3) is 0 Å². The molecule has 0 aliphatic heterocycles. The summed E-state index contributed by atoms with van der Waals surface area (Å²) in [4.78, 5) is 0. The van der Waals surface area contributed by atoms with Crippen molar-refractivity contribution >= 4 is 5.69 Å². The third-order valence-electron chi connectivity index (χ3n) is 3.21. The number of aromatic hydroxyl groups is 1. The van der Waals surface area contributed by atoms with Gasteiger partial charge in [-0.05, 0) is 50.1 Å². The summed E-state index contributed by atoms with van der Waals surface area (Å²) >= 11 is 0. The largest absolute Gasteiger partial charge is 0.508 e. The number of hydrogen-bond acceptors (Lipinski definition) is 2. The number of benzene rings is 2. The van der Waals surface area contributed by atoms with E-state index in [1.54, 1.807) is 19.1 Å². The molecule has 0 radical (unpaired) electrons. The zero-order chi connectivity index (χ0) is 14.0. The molecule has 0 aliphatic rings. The first-order valence-electron chi connectivity index (χ1n) is 6.29. The van der Waals surface area contributed by atoms with Crippen molar-refractivity contribution < 1.29 is 9.50 Å². The minimum absolute atomic E-state index is 0.0947. The second-order valence-electron chi connectivity index (χ2n) is 4.89. The fourth-order valence-electron chi connectivity index (χ4n) is 2.03. The molecule has 0 amide bonds. The van der Waals surface area contributed by atoms with Crippen LogP contribution >= 0.6 is 0 Å². The molecule has 0 aliphatic carbocycles. The Morgan fingerprint density at radius 1 is 1.11 bits per heavy atom. The molecule has 0 bridgehead atoms. The summed E-state index contributed by atoms with van der Waals surface area (Å²) in [6, 6.07) is 10.5. The van der Waals surface area contributed by atoms with E-state index in [4.69, 9.17) is 0 Å². The Balaban J connectivity index is 2.20. The number of phenolic OH excluding ortho intramolecular Hbond substituents is 1. The third kappa shape index (κ3) is 3.05. The van der Waals surface area contributed by atoms with E-state index < -0.39 is 0 Å². The Hall–Kier alpha value is -2.03. The maximum absolute atomic E-state index is 13.5. The van der Waals surface area contributed by atoms with Gasteiger partial charge in [-0.15, -0.1) is 0 Å². The summed E-state index contributed by atoms with van der Waals surface area (Å²) in [5, 5.41) is 13.1. The van der Waals surface area contributed by atoms with Crippen LogP contribution in [0.1, 0.15) is 29.7 Å². The standard InChI is InChI=1S/C16H18FNO/c1-10-4-7-14(16(19)8-10)12(3)18-13-6-5-11(2)15(17)9-13/h4-9,12,18-19H,1-3H3. The van der Waals surface area contributed by atoms with Crippen molar-refractivity contribution in [1.29, 1.82) is 0 Å². The van der Waals surface area contributed by atoms with Crippen molar-refractivity contribution in [2.45, 2.75) is 26.8 Å². The van der Waals surface area contributed by atoms with Crippen molar-refractivity contribution in [2.75, 3.05) is 5.32 Å². The van der Waals surface area contributed by atoms with Crippen LogP contribution in [0.5, 0.6) is 5.75 Å². The molecule has 100 valence electrons. The SMILES string of the molecule is Cc1ccc(C(C)Nc2ccc(C)c(F)c2)c(O)c1. The van der Waals surface area contributed by atoms with E-state index in [1.165, 1.54) is 6.07 Å². The maximum atomic E-state index is 13.5. The molecule has 2 nitrogen and oxygen atoms in total. The molecular weight excluding hydrogens is 241 g/mol. The van der Waals surface area contributed by atoms with Crippen LogP contribution < -0.4 is 5.32 Å². The molecule has 0 saturated heterocycles. The van der Waals surface area contributed by atoms with Crippen molar-refractivity contribution in [1.82, 2.24) is 0 Å². The number of hydrogen-bond donors (Lipinski definition) is 2. The van der Waals surface area contributed by atoms with Gasteiger partial charge < -0.3 is 10.4 Å². The van der Waals surface area contributed by atoms with E-state index in [0.717, 1.165) is 11.1 Å². The quantitative estimate of drug-likeness (QED) is 0.860. The molecule has 0 aromatic heterocycles. The van der Waals surface area contributed by atoms with Gasteiger partial charge in [-0.1, -0.05) is 18.2 Å². The highest BCUT2D eigenvalue weighted by atomic mass is 19.1. The van der Waals surface area contributed by atoms with Crippen molar-refractivity contribution in [2.24, 2.45) is 0 Å². The molecule has 1 atom stereocenters. The fourth-order valence-corrected chi connectivity index (χ4v) is 2.03. The monoisotopic (exact) mass is 259 g/mol. The third-order valence-corrected chi connectivity index (χ3v) is 3.21. The molecular formula is C16H18FNO. The molecule has 19 heavy (non-hydrogen) atoms. The van der Waals surface area contributed by atoms with Crippen molar-refractivity contribution in [3.8, 4) is 5.75 Å². The van der Waals surface area contributed by atoms with E-state index >= 15 is 0 Å². The van der Waals surface area contributed by atoms with Gasteiger partial charge in [-0.3, -0.25) is 0 Å². The normalized spacial score (nSPS) is 12.2. The van der Waals surface area contributed by atoms with Crippen LogP contribution in [0.15, 0.2) is 36.4 Å². The Morgan fingerprint density at radius 3 is 2.47 bits per heavy atom. The summed E-state index contributed by atoms with van der Waals surface area (Å²) in [6.07, 6.45) is 0. The first-order chi connectivity index (χ1) is 8.97. The summed E-state index contributed by atoms with van der Waals surface area (Å²) in [5.74, 6) is 0.0258. The van der Waals surface area contributed by atoms with Gasteiger partial charge in [0, 0.05) is 11.3 Å². The number of nitrogens with one attached hydrogen (secondary N) is 1. The molecule has 2 aromatic carbocycles. The Labute approximate surface area is 112 Å². The van der Waals surface area contributed by atoms with Gasteiger partial charge in [0.05, 0.1) is 6.04 Å². The predicted molar refractivity (Wildman–Crippen MR) is 76.0 cm³/mol. The molecule has 1 unspecified atom stereocenters. The summed E-state index contributed by atoms with van der Waals surface area (Å²) in [7, 11) is 0. The van der Waals surface area contributed by atoms with Crippen molar-refractivity contribution in [3.05, 3.63) is 58.9 Å². The molecule has 0 spiro atoms. The second kappa shape index (κ2) is 5.31. The minimum atomic E-state index is -0.231. The van der Waals surface area contributed by atoms with Crippen molar-refractivity contribution in [3.63, 3.8) is 0 Å². The molecule has 0 fully saturated rings. The number of rotatable bonds is 3. The first kappa shape index (κ1) is 13.4. The number of aryl methyl sites for hydroxylation is 2. The number of anilines is 1. The van der Waals surface area contributed by atoms with Gasteiger partial charge in [-0.2, -0.15) is 0 Å². The fraction of sp³-hybridized carbons (Fsp3) is 0.250. The zero-order valence-corrected chi connectivity index (χ0v) is 11.4. The van der Waals surface area contributed by atoms with Crippen LogP contribution in [0.4, 0.5) is 10.1 Å². The topological polar surface area (TPSA) is 32.3 Å². The Kier molecular flexibility index (Phi) is 3.74. The van der Waals surface area contributed by atoms with Crippen LogP contribution in [0.3, 0.4) is 0 Å². The Bertz CT molecular complexity index is 595. The van der Waals surface area contributed by atoms with Crippen LogP contribution in [0.25, 0.3) is 0 Å². The summed E-state index contributed by atoms with van der Waals surface area (Å²) in [6.45, 7) is 5.59. The summed E-state index contributed by atoms with van der Waals surface area (Å²) in [5.41, 5.74) is 3.13. The van der Waals surface area contributed by atoms with E-state index in [2.05, 4.69) is 5.32 Å². The maximum Gasteiger partial charge on any atom is 0.128 e. The molecule has 3 heteroatoms. The molecule has 2 aromatic rings. The highest BCUT2D eigenvalue weighted by molar-refractivity contribution is 5.49. The molecule has 2 rings (SSSR count). The highest BCUT2D eigenvalue weighted by Gasteiger charge is 2.10. The predicted octanol–water partition coefficient (Wildman–Crippen LogP) is 4.32. The van der Waals surface area contributed by atoms with Gasteiger partial charge >= 0.3 is 0 Å². The minimum Gasteiger partial charge on any atom is -0.508 e. The molecule has 0 heterocycles. The average Bonchev–Trinajstić information content (AvgIpc) is 2.33. The zero-order valence-electron chi connectivity index (χ0n) is 11.4. The molecule has 2 N–H and O–H groups in total. The van der Waals surface area contributed by atoms with Crippen LogP contribution in [0, 0.1) is 19.7 Å². The number of halogens is 1.